The predicted octanol–water partition coefficient (Wildman–Crippen LogP) is 3.32. The number of hydrogen-bond donors (Lipinski definition) is 1. The second-order valence-corrected chi connectivity index (χ2v) is 8.33. The van der Waals surface area contributed by atoms with Crippen molar-refractivity contribution in [2.24, 2.45) is 0 Å². The van der Waals surface area contributed by atoms with Gasteiger partial charge in [0.15, 0.2) is 0 Å². The Balaban J connectivity index is 1.44. The number of hydrogen-bond acceptors (Lipinski definition) is 3. The summed E-state index contributed by atoms with van der Waals surface area (Å²) in [5, 5.41) is 1.25. The summed E-state index contributed by atoms with van der Waals surface area (Å²) in [4.78, 5) is 23.2. The molecule has 2 fully saturated rings. The topological polar surface area (TPSA) is 42.6 Å². The van der Waals surface area contributed by atoms with Crippen LogP contribution in [0.4, 0.5) is 0 Å². The number of H-pyrrole nitrogens is 1. The number of amides is 1. The van der Waals surface area contributed by atoms with E-state index in [-0.39, 0.29) is 5.91 Å². The van der Waals surface area contributed by atoms with Gasteiger partial charge in [-0.3, -0.25) is 14.6 Å². The van der Waals surface area contributed by atoms with Crippen molar-refractivity contribution in [3.8, 4) is 0 Å². The van der Waals surface area contributed by atoms with Crippen LogP contribution in [0.15, 0.2) is 24.4 Å². The van der Waals surface area contributed by atoms with Crippen molar-refractivity contribution in [3.63, 3.8) is 0 Å². The summed E-state index contributed by atoms with van der Waals surface area (Å²) in [5.41, 5.74) is 3.22. The van der Waals surface area contributed by atoms with Crippen LogP contribution >= 0.6 is 0 Å². The summed E-state index contributed by atoms with van der Waals surface area (Å²) in [7, 11) is 0. The fourth-order valence-electron chi connectivity index (χ4n) is 4.41. The van der Waals surface area contributed by atoms with Gasteiger partial charge in [-0.05, 0) is 50.8 Å². The van der Waals surface area contributed by atoms with Gasteiger partial charge < -0.3 is 9.88 Å². The van der Waals surface area contributed by atoms with Crippen molar-refractivity contribution < 1.29 is 4.79 Å². The van der Waals surface area contributed by atoms with Gasteiger partial charge in [-0.15, -0.1) is 0 Å². The first kappa shape index (κ1) is 18.5. The Kier molecular flexibility index (Phi) is 5.50. The maximum atomic E-state index is 12.8. The SMILES string of the molecule is CC(C)N1CCN(Cc2c[nH]c3cc(C(=O)N4CCCCC4)ccc23)CC1. The Morgan fingerprint density at radius 1 is 1.04 bits per heavy atom. The van der Waals surface area contributed by atoms with Crippen LogP contribution in [0.1, 0.15) is 49.0 Å². The number of fused-ring (bicyclic) bond motifs is 1. The second-order valence-electron chi connectivity index (χ2n) is 8.33. The highest BCUT2D eigenvalue weighted by Gasteiger charge is 2.21. The zero-order valence-corrected chi connectivity index (χ0v) is 16.7. The number of piperidine rings is 1. The summed E-state index contributed by atoms with van der Waals surface area (Å²) < 4.78 is 0. The molecule has 2 aliphatic heterocycles. The first-order valence-electron chi connectivity index (χ1n) is 10.5. The molecule has 1 aromatic carbocycles. The lowest BCUT2D eigenvalue weighted by atomic mass is 10.1. The van der Waals surface area contributed by atoms with Crippen LogP contribution in [0.3, 0.4) is 0 Å². The molecule has 3 heterocycles. The summed E-state index contributed by atoms with van der Waals surface area (Å²) in [5.74, 6) is 0.178. The van der Waals surface area contributed by atoms with E-state index in [2.05, 4.69) is 40.9 Å². The fraction of sp³-hybridized carbons (Fsp3) is 0.591. The van der Waals surface area contributed by atoms with Crippen LogP contribution in [0.2, 0.25) is 0 Å². The monoisotopic (exact) mass is 368 g/mol. The Bertz CT molecular complexity index is 783. The average Bonchev–Trinajstić information content (AvgIpc) is 3.10. The van der Waals surface area contributed by atoms with E-state index in [4.69, 9.17) is 0 Å². The Morgan fingerprint density at radius 2 is 1.78 bits per heavy atom. The molecule has 0 spiro atoms. The number of piperazine rings is 1. The van der Waals surface area contributed by atoms with Crippen molar-refractivity contribution in [3.05, 3.63) is 35.5 Å². The average molecular weight is 369 g/mol. The van der Waals surface area contributed by atoms with Crippen LogP contribution in [0.25, 0.3) is 10.9 Å². The lowest BCUT2D eigenvalue weighted by molar-refractivity contribution is 0.0724. The van der Waals surface area contributed by atoms with E-state index >= 15 is 0 Å². The van der Waals surface area contributed by atoms with Crippen LogP contribution < -0.4 is 0 Å². The maximum absolute atomic E-state index is 12.8. The smallest absolute Gasteiger partial charge is 0.253 e. The molecule has 0 radical (unpaired) electrons. The van der Waals surface area contributed by atoms with E-state index in [1.807, 2.05) is 17.0 Å². The third-order valence-electron chi connectivity index (χ3n) is 6.19. The van der Waals surface area contributed by atoms with E-state index in [1.54, 1.807) is 0 Å². The third kappa shape index (κ3) is 4.04. The molecule has 0 atom stereocenters. The standard InChI is InChI=1S/C22H32N4O/c1-17(2)25-12-10-24(11-13-25)16-19-15-23-21-14-18(6-7-20(19)21)22(27)26-8-4-3-5-9-26/h6-7,14-15,17,23H,3-5,8-13,16H2,1-2H3. The van der Waals surface area contributed by atoms with Gasteiger partial charge in [0.2, 0.25) is 0 Å². The lowest BCUT2D eigenvalue weighted by Gasteiger charge is -2.36. The van der Waals surface area contributed by atoms with Gasteiger partial charge >= 0.3 is 0 Å². The number of carbonyl (C=O) groups is 1. The minimum Gasteiger partial charge on any atom is -0.361 e. The molecular formula is C22H32N4O. The van der Waals surface area contributed by atoms with Crippen molar-refractivity contribution >= 4 is 16.8 Å². The molecule has 1 N–H and O–H groups in total. The number of likely N-dealkylation sites (tertiary alicyclic amines) is 1. The van der Waals surface area contributed by atoms with Crippen molar-refractivity contribution in [1.29, 1.82) is 0 Å². The molecule has 5 nitrogen and oxygen atoms in total. The zero-order chi connectivity index (χ0) is 18.8. The molecule has 1 aromatic heterocycles. The van der Waals surface area contributed by atoms with E-state index in [9.17, 15) is 4.79 Å². The summed E-state index contributed by atoms with van der Waals surface area (Å²) in [6.45, 7) is 11.9. The van der Waals surface area contributed by atoms with Gasteiger partial charge in [0.05, 0.1) is 0 Å². The molecule has 146 valence electrons. The highest BCUT2D eigenvalue weighted by Crippen LogP contribution is 2.23. The quantitative estimate of drug-likeness (QED) is 0.900. The molecule has 4 rings (SSSR count). The Labute approximate surface area is 162 Å². The van der Waals surface area contributed by atoms with Crippen molar-refractivity contribution in [2.75, 3.05) is 39.3 Å². The summed E-state index contributed by atoms with van der Waals surface area (Å²) in [6.07, 6.45) is 5.62. The normalized spacial score (nSPS) is 19.9. The van der Waals surface area contributed by atoms with Gasteiger partial charge in [0.1, 0.15) is 0 Å². The van der Waals surface area contributed by atoms with Crippen LogP contribution in [-0.2, 0) is 6.54 Å². The number of benzene rings is 1. The molecule has 2 saturated heterocycles. The Hall–Kier alpha value is -1.85. The second kappa shape index (κ2) is 8.03. The zero-order valence-electron chi connectivity index (χ0n) is 16.7. The summed E-state index contributed by atoms with van der Waals surface area (Å²) in [6, 6.07) is 6.80. The number of nitrogens with one attached hydrogen (secondary N) is 1. The first-order valence-corrected chi connectivity index (χ1v) is 10.5. The molecule has 1 amide bonds. The molecular weight excluding hydrogens is 336 g/mol. The lowest BCUT2D eigenvalue weighted by Crippen LogP contribution is -2.48. The third-order valence-corrected chi connectivity index (χ3v) is 6.19. The molecule has 2 aromatic rings. The molecule has 27 heavy (non-hydrogen) atoms. The predicted molar refractivity (Wildman–Crippen MR) is 110 cm³/mol. The number of aromatic nitrogens is 1. The number of carbonyl (C=O) groups excluding carboxylic acids is 1. The minimum absolute atomic E-state index is 0.178. The van der Waals surface area contributed by atoms with Gasteiger partial charge in [-0.2, -0.15) is 0 Å². The molecule has 5 heteroatoms. The van der Waals surface area contributed by atoms with Crippen molar-refractivity contribution in [1.82, 2.24) is 19.7 Å². The molecule has 0 unspecified atom stereocenters. The van der Waals surface area contributed by atoms with Crippen molar-refractivity contribution in [2.45, 2.75) is 45.7 Å². The van der Waals surface area contributed by atoms with Gasteiger partial charge in [-0.1, -0.05) is 6.07 Å². The van der Waals surface area contributed by atoms with Gasteiger partial charge in [0.25, 0.3) is 5.91 Å². The van der Waals surface area contributed by atoms with E-state index in [0.717, 1.165) is 69.7 Å². The largest absolute Gasteiger partial charge is 0.361 e. The van der Waals surface area contributed by atoms with Gasteiger partial charge in [0, 0.05) is 74.5 Å². The number of rotatable bonds is 4. The number of nitrogens with zero attached hydrogens (tertiary/aromatic N) is 3. The van der Waals surface area contributed by atoms with E-state index in [1.165, 1.54) is 17.4 Å². The summed E-state index contributed by atoms with van der Waals surface area (Å²) >= 11 is 0. The molecule has 0 bridgehead atoms. The van der Waals surface area contributed by atoms with Gasteiger partial charge in [-0.25, -0.2) is 0 Å². The molecule has 0 saturated carbocycles. The highest BCUT2D eigenvalue weighted by molar-refractivity contribution is 5.98. The minimum atomic E-state index is 0.178. The fourth-order valence-corrected chi connectivity index (χ4v) is 4.41. The Morgan fingerprint density at radius 3 is 2.48 bits per heavy atom. The molecule has 0 aliphatic carbocycles. The van der Waals surface area contributed by atoms with E-state index < -0.39 is 0 Å². The van der Waals surface area contributed by atoms with Crippen LogP contribution in [0.5, 0.6) is 0 Å². The first-order chi connectivity index (χ1) is 13.1. The maximum Gasteiger partial charge on any atom is 0.253 e. The number of aromatic amines is 1. The van der Waals surface area contributed by atoms with Crippen LogP contribution in [0, 0.1) is 0 Å². The van der Waals surface area contributed by atoms with E-state index in [0.29, 0.717) is 6.04 Å². The van der Waals surface area contributed by atoms with Crippen LogP contribution in [-0.4, -0.2) is 70.9 Å². The highest BCUT2D eigenvalue weighted by atomic mass is 16.2. The molecule has 2 aliphatic rings.